The highest BCUT2D eigenvalue weighted by molar-refractivity contribution is 7.90. The number of sulfonamides is 1. The normalized spacial score (nSPS) is 13.7. The van der Waals surface area contributed by atoms with Crippen molar-refractivity contribution in [3.05, 3.63) is 75.1 Å². The van der Waals surface area contributed by atoms with Gasteiger partial charge in [0.15, 0.2) is 11.5 Å². The molecule has 3 aromatic rings. The van der Waals surface area contributed by atoms with Gasteiger partial charge in [0.05, 0.1) is 15.9 Å². The highest BCUT2D eigenvalue weighted by atomic mass is 32.2. The fourth-order valence-corrected chi connectivity index (χ4v) is 4.57. The third-order valence-electron chi connectivity index (χ3n) is 5.26. The van der Waals surface area contributed by atoms with Gasteiger partial charge in [-0.15, -0.1) is 0 Å². The van der Waals surface area contributed by atoms with Crippen LogP contribution in [0, 0.1) is 30.9 Å². The largest absolute Gasteiger partial charge is 0.858 e. The molecule has 1 aliphatic rings. The van der Waals surface area contributed by atoms with Crippen LogP contribution in [0.3, 0.4) is 0 Å². The maximum atomic E-state index is 12.8. The quantitative estimate of drug-likeness (QED) is 0.242. The van der Waals surface area contributed by atoms with Crippen LogP contribution in [0.15, 0.2) is 51.8 Å². The van der Waals surface area contributed by atoms with E-state index < -0.39 is 20.8 Å². The second-order valence-corrected chi connectivity index (χ2v) is 9.15. The average molecular weight is 470 g/mol. The van der Waals surface area contributed by atoms with Gasteiger partial charge in [-0.3, -0.25) is 10.1 Å². The number of nitro groups is 1. The van der Waals surface area contributed by atoms with Crippen molar-refractivity contribution in [2.75, 3.05) is 13.2 Å². The zero-order chi connectivity index (χ0) is 23.9. The Morgan fingerprint density at radius 2 is 1.64 bits per heavy atom. The first-order valence-corrected chi connectivity index (χ1v) is 11.4. The number of aryl methyl sites for hydroxylation is 2. The monoisotopic (exact) mass is 470 g/mol. The maximum absolute atomic E-state index is 12.8. The molecule has 2 aromatic carbocycles. The molecule has 0 unspecified atom stereocenters. The molecule has 172 valence electrons. The number of fused-ring (bicyclic) bond motifs is 1. The third-order valence-corrected chi connectivity index (χ3v) is 6.53. The van der Waals surface area contributed by atoms with Crippen LogP contribution in [0.5, 0.6) is 11.5 Å². The van der Waals surface area contributed by atoms with E-state index in [1.54, 1.807) is 26.0 Å². The smallest absolute Gasteiger partial charge is 0.297 e. The molecule has 4 rings (SSSR count). The van der Waals surface area contributed by atoms with Crippen LogP contribution >= 0.6 is 0 Å². The summed E-state index contributed by atoms with van der Waals surface area (Å²) in [6, 6.07) is 10.2. The molecule has 1 aliphatic heterocycles. The lowest BCUT2D eigenvalue weighted by Gasteiger charge is -2.20. The second kappa shape index (κ2) is 8.24. The van der Waals surface area contributed by atoms with Gasteiger partial charge < -0.3 is 19.1 Å². The van der Waals surface area contributed by atoms with Crippen LogP contribution < -0.4 is 14.6 Å². The number of benzene rings is 2. The van der Waals surface area contributed by atoms with Crippen molar-refractivity contribution in [2.24, 2.45) is 4.40 Å². The minimum absolute atomic E-state index is 0.0207. The Balaban J connectivity index is 1.82. The van der Waals surface area contributed by atoms with Crippen molar-refractivity contribution in [3.63, 3.8) is 0 Å². The number of hydrogen-bond acceptors (Lipinski definition) is 7. The molecule has 0 fully saturated rings. The lowest BCUT2D eigenvalue weighted by atomic mass is 10.2. The van der Waals surface area contributed by atoms with Gasteiger partial charge >= 0.3 is 0 Å². The minimum atomic E-state index is -4.22. The predicted octanol–water partition coefficient (Wildman–Crippen LogP) is 2.58. The Kier molecular flexibility index (Phi) is 5.58. The van der Waals surface area contributed by atoms with Gasteiger partial charge in [-0.2, -0.15) is 12.8 Å². The fraction of sp³-hybridized carbons (Fsp3) is 0.227. The van der Waals surface area contributed by atoms with Crippen molar-refractivity contribution in [1.82, 2.24) is 4.57 Å². The van der Waals surface area contributed by atoms with Gasteiger partial charge in [-0.05, 0) is 39.0 Å². The number of nitrogens with zero attached hydrogens (tertiary/aromatic N) is 3. The van der Waals surface area contributed by atoms with E-state index in [0.29, 0.717) is 23.7 Å². The minimum Gasteiger partial charge on any atom is -0.858 e. The number of nitro benzene ring substituents is 1. The van der Waals surface area contributed by atoms with E-state index in [-0.39, 0.29) is 34.2 Å². The molecule has 0 bridgehead atoms. The Bertz CT molecular complexity index is 1390. The maximum Gasteiger partial charge on any atom is 0.297 e. The first kappa shape index (κ1) is 22.3. The molecule has 0 spiro atoms. The number of ether oxygens (including phenoxy) is 2. The summed E-state index contributed by atoms with van der Waals surface area (Å²) in [5, 5.41) is 24.6. The van der Waals surface area contributed by atoms with Crippen LogP contribution in [0.1, 0.15) is 22.5 Å². The van der Waals surface area contributed by atoms with E-state index in [0.717, 1.165) is 5.56 Å². The zero-order valence-electron chi connectivity index (χ0n) is 18.1. The third kappa shape index (κ3) is 4.14. The molecule has 2 heterocycles. The topological polar surface area (TPSA) is 136 Å². The van der Waals surface area contributed by atoms with Crippen molar-refractivity contribution < 1.29 is 27.9 Å². The molecule has 33 heavy (non-hydrogen) atoms. The number of rotatable bonds is 5. The Hall–Kier alpha value is -3.86. The summed E-state index contributed by atoms with van der Waals surface area (Å²) in [4.78, 5) is 11.1. The number of hydrogen-bond donors (Lipinski definition) is 0. The summed E-state index contributed by atoms with van der Waals surface area (Å²) in [5.41, 5.74) is 1.60. The van der Waals surface area contributed by atoms with E-state index in [9.17, 15) is 23.6 Å². The lowest BCUT2D eigenvalue weighted by molar-refractivity contribution is -0.384. The molecule has 0 aliphatic carbocycles. The van der Waals surface area contributed by atoms with Crippen LogP contribution in [-0.4, -0.2) is 37.0 Å². The molecule has 0 atom stereocenters. The van der Waals surface area contributed by atoms with Gasteiger partial charge in [0.1, 0.15) is 18.9 Å². The summed E-state index contributed by atoms with van der Waals surface area (Å²) in [7, 11) is -4.22. The van der Waals surface area contributed by atoms with Gasteiger partial charge in [-0.1, -0.05) is 17.7 Å². The van der Waals surface area contributed by atoms with Crippen molar-refractivity contribution in [1.29, 1.82) is 0 Å². The first-order valence-electron chi connectivity index (χ1n) is 9.95. The van der Waals surface area contributed by atoms with E-state index in [2.05, 4.69) is 4.40 Å². The first-order chi connectivity index (χ1) is 15.6. The molecule has 10 nitrogen and oxygen atoms in total. The van der Waals surface area contributed by atoms with Gasteiger partial charge in [0.2, 0.25) is 0 Å². The molecule has 0 N–H and O–H groups in total. The predicted molar refractivity (Wildman–Crippen MR) is 118 cm³/mol. The SMILES string of the molecule is Cc1ccc(S(=O)(=O)N=C([O-])c2cc(C)n(-c3cc4c(cc3[N+](=O)[O-])OCCO4)c2C)cc1. The van der Waals surface area contributed by atoms with Crippen LogP contribution in [0.4, 0.5) is 5.69 Å². The molecule has 0 radical (unpaired) electrons. The molecular weight excluding hydrogens is 450 g/mol. The van der Waals surface area contributed by atoms with E-state index in [1.807, 2.05) is 6.92 Å². The standard InChI is InChI=1S/C22H21N3O7S/c1-13-4-6-16(7-5-13)33(29,30)23-22(26)17-10-14(2)24(15(17)3)18-11-20-21(32-9-8-31-20)12-19(18)25(27)28/h4-7,10-12H,8-9H2,1-3H3,(H,23,26)/p-1. The molecule has 0 saturated heterocycles. The summed E-state index contributed by atoms with van der Waals surface area (Å²) >= 11 is 0. The van der Waals surface area contributed by atoms with E-state index in [4.69, 9.17) is 9.47 Å². The van der Waals surface area contributed by atoms with Crippen molar-refractivity contribution in [3.8, 4) is 17.2 Å². The van der Waals surface area contributed by atoms with Gasteiger partial charge in [0.25, 0.3) is 15.7 Å². The Morgan fingerprint density at radius 1 is 1.03 bits per heavy atom. The average Bonchev–Trinajstić information content (AvgIpc) is 3.06. The molecular formula is C22H20N3O7S-. The van der Waals surface area contributed by atoms with Crippen molar-refractivity contribution >= 4 is 21.6 Å². The fourth-order valence-electron chi connectivity index (χ4n) is 3.66. The highest BCUT2D eigenvalue weighted by Crippen LogP contribution is 2.39. The Morgan fingerprint density at radius 3 is 2.24 bits per heavy atom. The zero-order valence-corrected chi connectivity index (χ0v) is 18.9. The van der Waals surface area contributed by atoms with Crippen LogP contribution in [0.25, 0.3) is 5.69 Å². The van der Waals surface area contributed by atoms with Crippen LogP contribution in [0.2, 0.25) is 0 Å². The second-order valence-electron chi connectivity index (χ2n) is 7.55. The highest BCUT2D eigenvalue weighted by Gasteiger charge is 2.26. The van der Waals surface area contributed by atoms with E-state index >= 15 is 0 Å². The van der Waals surface area contributed by atoms with E-state index in [1.165, 1.54) is 34.9 Å². The molecule has 0 saturated carbocycles. The summed E-state index contributed by atoms with van der Waals surface area (Å²) < 4.78 is 41.1. The van der Waals surface area contributed by atoms with Gasteiger partial charge in [-0.25, -0.2) is 0 Å². The van der Waals surface area contributed by atoms with Gasteiger partial charge in [0, 0.05) is 28.9 Å². The lowest BCUT2D eigenvalue weighted by Crippen LogP contribution is -2.21. The molecule has 11 heteroatoms. The molecule has 1 aromatic heterocycles. The van der Waals surface area contributed by atoms with Crippen LogP contribution in [-0.2, 0) is 10.0 Å². The Labute approximate surface area is 189 Å². The summed E-state index contributed by atoms with van der Waals surface area (Å²) in [5.74, 6) is -0.362. The summed E-state index contributed by atoms with van der Waals surface area (Å²) in [6.07, 6.45) is 0. The summed E-state index contributed by atoms with van der Waals surface area (Å²) in [6.45, 7) is 5.60. The molecule has 0 amide bonds. The van der Waals surface area contributed by atoms with Crippen molar-refractivity contribution in [2.45, 2.75) is 25.7 Å². The number of aromatic nitrogens is 1.